The number of fused-ring (bicyclic) bond motifs is 1. The number of carbonyl (C=O) groups is 1. The number of rotatable bonds is 3. The summed E-state index contributed by atoms with van der Waals surface area (Å²) in [4.78, 5) is 14.9. The molecule has 4 nitrogen and oxygen atoms in total. The third kappa shape index (κ3) is 2.52. The van der Waals surface area contributed by atoms with E-state index in [1.165, 1.54) is 30.4 Å². The summed E-state index contributed by atoms with van der Waals surface area (Å²) in [7, 11) is 0. The Morgan fingerprint density at radius 3 is 2.84 bits per heavy atom. The van der Waals surface area contributed by atoms with E-state index in [0.717, 1.165) is 17.7 Å². The lowest BCUT2D eigenvalue weighted by atomic mass is 9.90. The maximum absolute atomic E-state index is 10.7. The Hall–Kier alpha value is -2.10. The number of carboxylic acid groups (broad SMARTS) is 1. The molecule has 1 aromatic carbocycles. The Balaban J connectivity index is 1.89. The van der Waals surface area contributed by atoms with Crippen LogP contribution in [0, 0.1) is 0 Å². The molecule has 1 aromatic heterocycles. The second-order valence-corrected chi connectivity index (χ2v) is 5.02. The van der Waals surface area contributed by atoms with E-state index in [-0.39, 0.29) is 6.54 Å². The number of imidazole rings is 1. The lowest BCUT2D eigenvalue weighted by molar-refractivity contribution is -0.137. The topological polar surface area (TPSA) is 55.1 Å². The first-order valence-electron chi connectivity index (χ1n) is 6.58. The fourth-order valence-electron chi connectivity index (χ4n) is 2.64. The van der Waals surface area contributed by atoms with E-state index in [9.17, 15) is 4.79 Å². The van der Waals surface area contributed by atoms with Gasteiger partial charge in [0.2, 0.25) is 0 Å². The fraction of sp³-hybridized carbons (Fsp3) is 0.333. The maximum Gasteiger partial charge on any atom is 0.323 e. The van der Waals surface area contributed by atoms with E-state index in [4.69, 9.17) is 5.11 Å². The van der Waals surface area contributed by atoms with Gasteiger partial charge in [-0.05, 0) is 42.9 Å². The minimum atomic E-state index is -0.852. The fourth-order valence-corrected chi connectivity index (χ4v) is 2.64. The zero-order valence-electron chi connectivity index (χ0n) is 10.7. The lowest BCUT2D eigenvalue weighted by Gasteiger charge is -2.15. The normalized spacial score (nSPS) is 14.1. The van der Waals surface area contributed by atoms with Crippen LogP contribution < -0.4 is 0 Å². The van der Waals surface area contributed by atoms with Crippen LogP contribution in [0.25, 0.3) is 11.3 Å². The predicted octanol–water partition coefficient (Wildman–Crippen LogP) is 2.51. The highest BCUT2D eigenvalue weighted by Gasteiger charge is 2.11. The van der Waals surface area contributed by atoms with Crippen molar-refractivity contribution in [2.75, 3.05) is 0 Å². The van der Waals surface area contributed by atoms with Gasteiger partial charge in [0.05, 0.1) is 12.0 Å². The Morgan fingerprint density at radius 2 is 2.05 bits per heavy atom. The second-order valence-electron chi connectivity index (χ2n) is 5.02. The number of aliphatic carboxylic acids is 1. The third-order valence-electron chi connectivity index (χ3n) is 3.60. The smallest absolute Gasteiger partial charge is 0.323 e. The molecular formula is C15H16N2O2. The quantitative estimate of drug-likeness (QED) is 0.918. The molecule has 3 rings (SSSR count). The Morgan fingerprint density at radius 1 is 1.26 bits per heavy atom. The number of nitrogens with zero attached hydrogens (tertiary/aromatic N) is 2. The molecule has 1 N–H and O–H groups in total. The summed E-state index contributed by atoms with van der Waals surface area (Å²) in [6.45, 7) is -0.0437. The van der Waals surface area contributed by atoms with Crippen LogP contribution in [0.4, 0.5) is 0 Å². The first-order chi connectivity index (χ1) is 9.22. The largest absolute Gasteiger partial charge is 0.480 e. The van der Waals surface area contributed by atoms with Gasteiger partial charge in [0.15, 0.2) is 0 Å². The van der Waals surface area contributed by atoms with Crippen molar-refractivity contribution in [1.82, 2.24) is 9.55 Å². The number of aromatic nitrogens is 2. The predicted molar refractivity (Wildman–Crippen MR) is 71.9 cm³/mol. The summed E-state index contributed by atoms with van der Waals surface area (Å²) in [5.74, 6) is -0.852. The van der Waals surface area contributed by atoms with Crippen molar-refractivity contribution in [3.63, 3.8) is 0 Å². The summed E-state index contributed by atoms with van der Waals surface area (Å²) in [5.41, 5.74) is 4.77. The van der Waals surface area contributed by atoms with Crippen molar-refractivity contribution < 1.29 is 9.90 Å². The van der Waals surface area contributed by atoms with Crippen LogP contribution in [0.3, 0.4) is 0 Å². The molecule has 0 unspecified atom stereocenters. The molecule has 0 fully saturated rings. The van der Waals surface area contributed by atoms with Gasteiger partial charge in [-0.1, -0.05) is 12.1 Å². The number of aryl methyl sites for hydroxylation is 2. The summed E-state index contributed by atoms with van der Waals surface area (Å²) < 4.78 is 1.59. The maximum atomic E-state index is 10.7. The van der Waals surface area contributed by atoms with Gasteiger partial charge in [-0.2, -0.15) is 0 Å². The summed E-state index contributed by atoms with van der Waals surface area (Å²) in [5, 5.41) is 8.76. The molecule has 0 saturated heterocycles. The molecule has 0 bridgehead atoms. The van der Waals surface area contributed by atoms with Crippen molar-refractivity contribution in [3.8, 4) is 11.3 Å². The van der Waals surface area contributed by atoms with Crippen molar-refractivity contribution in [3.05, 3.63) is 41.9 Å². The number of benzene rings is 1. The van der Waals surface area contributed by atoms with Crippen LogP contribution >= 0.6 is 0 Å². The molecule has 1 aliphatic rings. The average molecular weight is 256 g/mol. The average Bonchev–Trinajstić information content (AvgIpc) is 2.86. The van der Waals surface area contributed by atoms with E-state index >= 15 is 0 Å². The van der Waals surface area contributed by atoms with E-state index in [2.05, 4.69) is 23.2 Å². The SMILES string of the molecule is O=C(O)Cn1cnc(-c2ccc3c(c2)CCCC3)c1. The first kappa shape index (κ1) is 12.0. The molecule has 1 heterocycles. The second kappa shape index (κ2) is 4.88. The zero-order chi connectivity index (χ0) is 13.2. The minimum absolute atomic E-state index is 0.0437. The molecule has 98 valence electrons. The zero-order valence-corrected chi connectivity index (χ0v) is 10.7. The number of hydrogen-bond acceptors (Lipinski definition) is 2. The van der Waals surface area contributed by atoms with Gasteiger partial charge in [0.1, 0.15) is 6.54 Å². The van der Waals surface area contributed by atoms with E-state index in [1.54, 1.807) is 17.1 Å². The molecule has 0 amide bonds. The first-order valence-corrected chi connectivity index (χ1v) is 6.58. The highest BCUT2D eigenvalue weighted by molar-refractivity contribution is 5.67. The van der Waals surface area contributed by atoms with Crippen LogP contribution in [0.5, 0.6) is 0 Å². The Kier molecular flexibility index (Phi) is 3.07. The minimum Gasteiger partial charge on any atom is -0.480 e. The molecule has 0 saturated carbocycles. The number of hydrogen-bond donors (Lipinski definition) is 1. The van der Waals surface area contributed by atoms with Gasteiger partial charge < -0.3 is 9.67 Å². The number of carboxylic acids is 1. The summed E-state index contributed by atoms with van der Waals surface area (Å²) in [6, 6.07) is 6.46. The van der Waals surface area contributed by atoms with Gasteiger partial charge in [0, 0.05) is 11.8 Å². The van der Waals surface area contributed by atoms with Gasteiger partial charge in [-0.25, -0.2) is 4.98 Å². The molecule has 0 atom stereocenters. The van der Waals surface area contributed by atoms with Crippen molar-refractivity contribution in [2.45, 2.75) is 32.2 Å². The summed E-state index contributed by atoms with van der Waals surface area (Å²) >= 11 is 0. The van der Waals surface area contributed by atoms with Crippen LogP contribution in [0.2, 0.25) is 0 Å². The molecule has 4 heteroatoms. The van der Waals surface area contributed by atoms with Gasteiger partial charge >= 0.3 is 5.97 Å². The highest BCUT2D eigenvalue weighted by atomic mass is 16.4. The Bertz CT molecular complexity index is 616. The lowest BCUT2D eigenvalue weighted by Crippen LogP contribution is -2.06. The van der Waals surface area contributed by atoms with E-state index in [1.807, 2.05) is 0 Å². The van der Waals surface area contributed by atoms with Crippen LogP contribution in [-0.2, 0) is 24.2 Å². The highest BCUT2D eigenvalue weighted by Crippen LogP contribution is 2.26. The van der Waals surface area contributed by atoms with E-state index < -0.39 is 5.97 Å². The third-order valence-corrected chi connectivity index (χ3v) is 3.60. The van der Waals surface area contributed by atoms with Gasteiger partial charge in [0.25, 0.3) is 0 Å². The van der Waals surface area contributed by atoms with Crippen molar-refractivity contribution >= 4 is 5.97 Å². The molecule has 0 aliphatic heterocycles. The van der Waals surface area contributed by atoms with Crippen molar-refractivity contribution in [1.29, 1.82) is 0 Å². The Labute approximate surface area is 111 Å². The molecule has 2 aromatic rings. The summed E-state index contributed by atoms with van der Waals surface area (Å²) in [6.07, 6.45) is 8.20. The molecule has 19 heavy (non-hydrogen) atoms. The van der Waals surface area contributed by atoms with Crippen LogP contribution in [0.15, 0.2) is 30.7 Å². The molecular weight excluding hydrogens is 240 g/mol. The van der Waals surface area contributed by atoms with Crippen LogP contribution in [-0.4, -0.2) is 20.6 Å². The van der Waals surface area contributed by atoms with Crippen molar-refractivity contribution in [2.24, 2.45) is 0 Å². The standard InChI is InChI=1S/C15H16N2O2/c18-15(19)9-17-8-14(16-10-17)13-6-5-11-3-1-2-4-12(11)7-13/h5-8,10H,1-4,9H2,(H,18,19). The van der Waals surface area contributed by atoms with E-state index in [0.29, 0.717) is 0 Å². The van der Waals surface area contributed by atoms with Crippen LogP contribution in [0.1, 0.15) is 24.0 Å². The molecule has 1 aliphatic carbocycles. The van der Waals surface area contributed by atoms with Gasteiger partial charge in [-0.3, -0.25) is 4.79 Å². The molecule has 0 radical (unpaired) electrons. The monoisotopic (exact) mass is 256 g/mol. The van der Waals surface area contributed by atoms with Gasteiger partial charge in [-0.15, -0.1) is 0 Å². The molecule has 0 spiro atoms.